The third kappa shape index (κ3) is 9.18. The lowest BCUT2D eigenvalue weighted by molar-refractivity contribution is -0.0295. The molecule has 0 saturated heterocycles. The van der Waals surface area contributed by atoms with Crippen molar-refractivity contribution in [3.8, 4) is 0 Å². The van der Waals surface area contributed by atoms with Gasteiger partial charge in [-0.15, -0.1) is 0 Å². The van der Waals surface area contributed by atoms with E-state index in [1.54, 1.807) is 12.7 Å². The van der Waals surface area contributed by atoms with E-state index in [1.165, 1.54) is 11.1 Å². The number of nitrogens with zero attached hydrogens (tertiary/aromatic N) is 2. The van der Waals surface area contributed by atoms with E-state index in [9.17, 15) is 0 Å². The predicted octanol–water partition coefficient (Wildman–Crippen LogP) is 6.50. The fourth-order valence-electron chi connectivity index (χ4n) is 4.66. The number of benzene rings is 2. The minimum absolute atomic E-state index is 0.233. The molecule has 4 rings (SSSR count). The molecule has 184 valence electrons. The van der Waals surface area contributed by atoms with Gasteiger partial charge in [0, 0.05) is 12.4 Å². The summed E-state index contributed by atoms with van der Waals surface area (Å²) in [6.45, 7) is 0. The average molecular weight is 471 g/mol. The molecule has 5 heteroatoms. The van der Waals surface area contributed by atoms with Crippen LogP contribution in [0.2, 0.25) is 0 Å². The van der Waals surface area contributed by atoms with Gasteiger partial charge in [0.05, 0.1) is 36.3 Å². The number of H-pyrrole nitrogens is 2. The minimum Gasteiger partial charge on any atom is -0.375 e. The van der Waals surface area contributed by atoms with Crippen LogP contribution in [0.3, 0.4) is 0 Å². The van der Waals surface area contributed by atoms with Crippen molar-refractivity contribution in [2.24, 2.45) is 0 Å². The zero-order valence-corrected chi connectivity index (χ0v) is 20.6. The molecule has 2 unspecified atom stereocenters. The Morgan fingerprint density at radius 3 is 1.43 bits per heavy atom. The molecule has 2 N–H and O–H groups in total. The van der Waals surface area contributed by atoms with Gasteiger partial charge >= 0.3 is 0 Å². The first kappa shape index (κ1) is 24.9. The van der Waals surface area contributed by atoms with Gasteiger partial charge in [-0.1, -0.05) is 60.7 Å². The second kappa shape index (κ2) is 14.3. The van der Waals surface area contributed by atoms with Crippen LogP contribution in [0.15, 0.2) is 85.7 Å². The molecule has 2 aromatic heterocycles. The lowest BCUT2D eigenvalue weighted by Gasteiger charge is -2.25. The van der Waals surface area contributed by atoms with Gasteiger partial charge in [-0.2, -0.15) is 0 Å². The number of rotatable bonds is 16. The number of aromatic nitrogens is 4. The van der Waals surface area contributed by atoms with Crippen molar-refractivity contribution in [2.75, 3.05) is 0 Å². The number of ether oxygens (including phenoxy) is 1. The SMILES string of the molecule is c1ccc(CCCC(CCc2c[nH]cn2)OC(CCCc2ccccc2)CCc2c[nH]cn2)cc1. The van der Waals surface area contributed by atoms with Crippen molar-refractivity contribution >= 4 is 0 Å². The van der Waals surface area contributed by atoms with Crippen LogP contribution in [0.5, 0.6) is 0 Å². The monoisotopic (exact) mass is 470 g/mol. The van der Waals surface area contributed by atoms with Crippen molar-refractivity contribution < 1.29 is 4.74 Å². The van der Waals surface area contributed by atoms with Crippen molar-refractivity contribution in [3.63, 3.8) is 0 Å². The fourth-order valence-corrected chi connectivity index (χ4v) is 4.66. The van der Waals surface area contributed by atoms with E-state index in [2.05, 4.69) is 80.6 Å². The van der Waals surface area contributed by atoms with Gasteiger partial charge in [0.15, 0.2) is 0 Å². The van der Waals surface area contributed by atoms with E-state index >= 15 is 0 Å². The minimum atomic E-state index is 0.233. The van der Waals surface area contributed by atoms with Gasteiger partial charge in [-0.25, -0.2) is 9.97 Å². The standard InChI is InChI=1S/C30H38N4O/c1-3-9-25(10-4-1)13-7-15-29(19-17-27-21-31-23-33-27)35-30(20-18-28-22-32-24-34-28)16-8-14-26-11-5-2-6-12-26/h1-6,9-12,21-24,29-30H,7-8,13-20H2,(H,31,33)(H,32,34). The molecule has 2 aromatic carbocycles. The Bertz CT molecular complexity index is 947. The topological polar surface area (TPSA) is 66.6 Å². The molecule has 0 spiro atoms. The molecular weight excluding hydrogens is 432 g/mol. The molecule has 0 aliphatic heterocycles. The first-order chi connectivity index (χ1) is 17.3. The Hall–Kier alpha value is -3.18. The number of nitrogens with one attached hydrogen (secondary N) is 2. The smallest absolute Gasteiger partial charge is 0.0923 e. The Balaban J connectivity index is 1.34. The number of aryl methyl sites for hydroxylation is 4. The summed E-state index contributed by atoms with van der Waals surface area (Å²) >= 11 is 0. The van der Waals surface area contributed by atoms with Crippen LogP contribution < -0.4 is 0 Å². The molecule has 0 aliphatic rings. The Morgan fingerprint density at radius 1 is 0.571 bits per heavy atom. The fraction of sp³-hybridized carbons (Fsp3) is 0.400. The maximum Gasteiger partial charge on any atom is 0.0923 e. The third-order valence-electron chi connectivity index (χ3n) is 6.61. The number of aromatic amines is 2. The van der Waals surface area contributed by atoms with E-state index in [1.807, 2.05) is 12.4 Å². The Kier molecular flexibility index (Phi) is 10.2. The first-order valence-electron chi connectivity index (χ1n) is 13.0. The van der Waals surface area contributed by atoms with Gasteiger partial charge in [0.25, 0.3) is 0 Å². The summed E-state index contributed by atoms with van der Waals surface area (Å²) in [7, 11) is 0. The number of imidazole rings is 2. The summed E-state index contributed by atoms with van der Waals surface area (Å²) in [6.07, 6.45) is 18.4. The van der Waals surface area contributed by atoms with Gasteiger partial charge in [-0.3, -0.25) is 0 Å². The van der Waals surface area contributed by atoms with Crippen LogP contribution in [0.1, 0.15) is 61.0 Å². The third-order valence-corrected chi connectivity index (χ3v) is 6.61. The van der Waals surface area contributed by atoms with E-state index in [4.69, 9.17) is 4.74 Å². The average Bonchev–Trinajstić information content (AvgIpc) is 3.61. The molecule has 0 fully saturated rings. The molecular formula is C30H38N4O. The van der Waals surface area contributed by atoms with Crippen LogP contribution >= 0.6 is 0 Å². The van der Waals surface area contributed by atoms with Gasteiger partial charge in [0.2, 0.25) is 0 Å². The van der Waals surface area contributed by atoms with E-state index in [0.29, 0.717) is 0 Å². The molecule has 2 atom stereocenters. The summed E-state index contributed by atoms with van der Waals surface area (Å²) in [6, 6.07) is 21.5. The van der Waals surface area contributed by atoms with Crippen LogP contribution in [-0.4, -0.2) is 32.1 Å². The maximum atomic E-state index is 6.85. The molecule has 0 aliphatic carbocycles. The van der Waals surface area contributed by atoms with Crippen LogP contribution in [0.25, 0.3) is 0 Å². The molecule has 5 nitrogen and oxygen atoms in total. The highest BCUT2D eigenvalue weighted by Gasteiger charge is 2.18. The van der Waals surface area contributed by atoms with Gasteiger partial charge < -0.3 is 14.7 Å². The van der Waals surface area contributed by atoms with Gasteiger partial charge in [-0.05, 0) is 75.3 Å². The quantitative estimate of drug-likeness (QED) is 0.196. The van der Waals surface area contributed by atoms with E-state index < -0.39 is 0 Å². The molecule has 0 saturated carbocycles. The molecule has 4 aromatic rings. The van der Waals surface area contributed by atoms with Crippen molar-refractivity contribution in [1.82, 2.24) is 19.9 Å². The highest BCUT2D eigenvalue weighted by molar-refractivity contribution is 5.15. The summed E-state index contributed by atoms with van der Waals surface area (Å²) in [4.78, 5) is 15.0. The largest absolute Gasteiger partial charge is 0.375 e. The zero-order valence-electron chi connectivity index (χ0n) is 20.6. The maximum absolute atomic E-state index is 6.85. The van der Waals surface area contributed by atoms with Gasteiger partial charge in [0.1, 0.15) is 0 Å². The van der Waals surface area contributed by atoms with E-state index in [-0.39, 0.29) is 12.2 Å². The summed E-state index contributed by atoms with van der Waals surface area (Å²) in [5, 5.41) is 0. The van der Waals surface area contributed by atoms with Crippen molar-refractivity contribution in [1.29, 1.82) is 0 Å². The lowest BCUT2D eigenvalue weighted by Crippen LogP contribution is -2.24. The molecule has 2 heterocycles. The zero-order chi connectivity index (χ0) is 24.0. The summed E-state index contributed by atoms with van der Waals surface area (Å²) in [5.41, 5.74) is 5.02. The van der Waals surface area contributed by atoms with Crippen LogP contribution in [-0.2, 0) is 30.4 Å². The second-order valence-electron chi connectivity index (χ2n) is 9.33. The second-order valence-corrected chi connectivity index (χ2v) is 9.33. The summed E-state index contributed by atoms with van der Waals surface area (Å²) in [5.74, 6) is 0. The Morgan fingerprint density at radius 2 is 1.03 bits per heavy atom. The highest BCUT2D eigenvalue weighted by atomic mass is 16.5. The van der Waals surface area contributed by atoms with Crippen molar-refractivity contribution in [2.45, 2.75) is 76.4 Å². The first-order valence-corrected chi connectivity index (χ1v) is 13.0. The molecule has 0 amide bonds. The predicted molar refractivity (Wildman–Crippen MR) is 141 cm³/mol. The Labute approximate surface area is 209 Å². The highest BCUT2D eigenvalue weighted by Crippen LogP contribution is 2.21. The summed E-state index contributed by atoms with van der Waals surface area (Å²) < 4.78 is 6.85. The molecule has 0 bridgehead atoms. The number of hydrogen-bond donors (Lipinski definition) is 2. The van der Waals surface area contributed by atoms with Crippen molar-refractivity contribution in [3.05, 3.63) is 108 Å². The number of hydrogen-bond acceptors (Lipinski definition) is 3. The van der Waals surface area contributed by atoms with Crippen LogP contribution in [0.4, 0.5) is 0 Å². The molecule has 0 radical (unpaired) electrons. The van der Waals surface area contributed by atoms with Crippen LogP contribution in [0, 0.1) is 0 Å². The van der Waals surface area contributed by atoms with E-state index in [0.717, 1.165) is 75.6 Å². The lowest BCUT2D eigenvalue weighted by atomic mass is 10.00. The normalized spacial score (nSPS) is 13.0. The molecule has 35 heavy (non-hydrogen) atoms.